The van der Waals surface area contributed by atoms with Crippen molar-refractivity contribution < 1.29 is 13.2 Å². The van der Waals surface area contributed by atoms with Gasteiger partial charge in [-0.15, -0.1) is 0 Å². The minimum absolute atomic E-state index is 0.323. The van der Waals surface area contributed by atoms with Crippen LogP contribution in [0, 0.1) is 5.92 Å². The molecular weight excluding hydrogens is 314 g/mol. The maximum atomic E-state index is 12.3. The fraction of sp³-hybridized carbons (Fsp3) is 0.938. The lowest BCUT2D eigenvalue weighted by Crippen LogP contribution is -2.49. The highest BCUT2D eigenvalue weighted by Gasteiger charge is 2.42. The molecule has 0 atom stereocenters. The molecule has 2 heterocycles. The quantitative estimate of drug-likeness (QED) is 0.614. The van der Waals surface area contributed by atoms with Gasteiger partial charge in [-0.05, 0) is 38.5 Å². The van der Waals surface area contributed by atoms with Crippen molar-refractivity contribution in [1.29, 1.82) is 0 Å². The SMILES string of the molecule is CCNC(=NCC1(S(C)(=O)=O)CCOCC1)N1CCC(C)CC1. The predicted molar refractivity (Wildman–Crippen MR) is 93.6 cm³/mol. The van der Waals surface area contributed by atoms with Gasteiger partial charge in [0.15, 0.2) is 15.8 Å². The summed E-state index contributed by atoms with van der Waals surface area (Å²) in [6.45, 7) is 8.42. The summed E-state index contributed by atoms with van der Waals surface area (Å²) >= 11 is 0. The van der Waals surface area contributed by atoms with Crippen LogP contribution in [0.5, 0.6) is 0 Å². The third kappa shape index (κ3) is 4.59. The molecule has 0 radical (unpaired) electrons. The van der Waals surface area contributed by atoms with E-state index in [1.54, 1.807) is 0 Å². The van der Waals surface area contributed by atoms with Gasteiger partial charge in [0.05, 0.1) is 11.3 Å². The highest BCUT2D eigenvalue weighted by Crippen LogP contribution is 2.30. The molecule has 0 aromatic heterocycles. The van der Waals surface area contributed by atoms with Crippen LogP contribution in [0.1, 0.15) is 39.5 Å². The summed E-state index contributed by atoms with van der Waals surface area (Å²) in [5.74, 6) is 1.61. The topological polar surface area (TPSA) is 71.0 Å². The van der Waals surface area contributed by atoms with Crippen LogP contribution in [0.25, 0.3) is 0 Å². The number of nitrogens with zero attached hydrogens (tertiary/aromatic N) is 2. The zero-order valence-corrected chi connectivity index (χ0v) is 15.5. The summed E-state index contributed by atoms with van der Waals surface area (Å²) in [6.07, 6.45) is 4.73. The standard InChI is InChI=1S/C16H31N3O3S/c1-4-17-15(19-9-5-14(2)6-10-19)18-13-16(23(3,20)21)7-11-22-12-8-16/h14H,4-13H2,1-3H3,(H,17,18). The number of aliphatic imine (C=N–C) groups is 1. The molecular formula is C16H31N3O3S. The second-order valence-electron chi connectivity index (χ2n) is 6.91. The molecule has 2 aliphatic rings. The number of nitrogens with one attached hydrogen (secondary N) is 1. The average Bonchev–Trinajstić information content (AvgIpc) is 2.52. The summed E-state index contributed by atoms with van der Waals surface area (Å²) in [5, 5.41) is 3.33. The Hall–Kier alpha value is -0.820. The molecule has 6 nitrogen and oxygen atoms in total. The first-order valence-electron chi connectivity index (χ1n) is 8.68. The molecule has 134 valence electrons. The number of ether oxygens (including phenoxy) is 1. The van der Waals surface area contributed by atoms with Gasteiger partial charge in [0.25, 0.3) is 0 Å². The Labute approximate surface area is 140 Å². The van der Waals surface area contributed by atoms with Crippen molar-refractivity contribution in [3.63, 3.8) is 0 Å². The van der Waals surface area contributed by atoms with E-state index in [9.17, 15) is 8.42 Å². The number of guanidine groups is 1. The Morgan fingerprint density at radius 1 is 1.30 bits per heavy atom. The number of piperidine rings is 1. The first-order chi connectivity index (χ1) is 10.9. The smallest absolute Gasteiger partial charge is 0.193 e. The molecule has 0 aromatic carbocycles. The average molecular weight is 346 g/mol. The molecule has 23 heavy (non-hydrogen) atoms. The number of likely N-dealkylation sites (tertiary alicyclic amines) is 1. The lowest BCUT2D eigenvalue weighted by Gasteiger charge is -2.36. The third-order valence-electron chi connectivity index (χ3n) is 5.13. The van der Waals surface area contributed by atoms with Gasteiger partial charge >= 0.3 is 0 Å². The first kappa shape index (κ1) is 18.5. The van der Waals surface area contributed by atoms with Crippen LogP contribution in [0.4, 0.5) is 0 Å². The van der Waals surface area contributed by atoms with Gasteiger partial charge < -0.3 is 15.0 Å². The molecule has 0 aliphatic carbocycles. The predicted octanol–water partition coefficient (Wildman–Crippen LogP) is 1.28. The van der Waals surface area contributed by atoms with Crippen LogP contribution >= 0.6 is 0 Å². The second kappa shape index (κ2) is 7.83. The molecule has 2 aliphatic heterocycles. The summed E-state index contributed by atoms with van der Waals surface area (Å²) in [7, 11) is -3.17. The van der Waals surface area contributed by atoms with Crippen LogP contribution in [-0.4, -0.2) is 69.7 Å². The van der Waals surface area contributed by atoms with Crippen LogP contribution < -0.4 is 5.32 Å². The van der Waals surface area contributed by atoms with Crippen molar-refractivity contribution in [2.24, 2.45) is 10.9 Å². The summed E-state index contributed by atoms with van der Waals surface area (Å²) < 4.78 is 29.3. The van der Waals surface area contributed by atoms with Crippen molar-refractivity contribution in [3.8, 4) is 0 Å². The molecule has 1 N–H and O–H groups in total. The first-order valence-corrected chi connectivity index (χ1v) is 10.6. The van der Waals surface area contributed by atoms with Gasteiger partial charge in [0, 0.05) is 39.1 Å². The van der Waals surface area contributed by atoms with Crippen molar-refractivity contribution >= 4 is 15.8 Å². The lowest BCUT2D eigenvalue weighted by molar-refractivity contribution is 0.0767. The zero-order chi connectivity index (χ0) is 16.9. The highest BCUT2D eigenvalue weighted by atomic mass is 32.2. The van der Waals surface area contributed by atoms with Crippen molar-refractivity contribution in [2.45, 2.75) is 44.3 Å². The van der Waals surface area contributed by atoms with Gasteiger partial charge in [-0.1, -0.05) is 6.92 Å². The maximum absolute atomic E-state index is 12.3. The van der Waals surface area contributed by atoms with Gasteiger partial charge in [0.2, 0.25) is 0 Å². The Morgan fingerprint density at radius 3 is 2.43 bits per heavy atom. The van der Waals surface area contributed by atoms with E-state index in [0.29, 0.717) is 32.6 Å². The second-order valence-corrected chi connectivity index (χ2v) is 9.32. The molecule has 0 bridgehead atoms. The van der Waals surface area contributed by atoms with Crippen LogP contribution in [0.15, 0.2) is 4.99 Å². The van der Waals surface area contributed by atoms with E-state index in [-0.39, 0.29) is 0 Å². The molecule has 7 heteroatoms. The molecule has 2 saturated heterocycles. The minimum Gasteiger partial charge on any atom is -0.381 e. The minimum atomic E-state index is -3.17. The zero-order valence-electron chi connectivity index (χ0n) is 14.7. The molecule has 2 fully saturated rings. The monoisotopic (exact) mass is 345 g/mol. The normalized spacial score (nSPS) is 23.8. The molecule has 0 spiro atoms. The largest absolute Gasteiger partial charge is 0.381 e. The van der Waals surface area contributed by atoms with E-state index in [0.717, 1.165) is 44.4 Å². The molecule has 0 aromatic rings. The van der Waals surface area contributed by atoms with Crippen LogP contribution in [0.2, 0.25) is 0 Å². The van der Waals surface area contributed by atoms with Crippen molar-refractivity contribution in [2.75, 3.05) is 45.6 Å². The van der Waals surface area contributed by atoms with E-state index in [4.69, 9.17) is 9.73 Å². The number of sulfone groups is 1. The van der Waals surface area contributed by atoms with E-state index in [2.05, 4.69) is 17.1 Å². The summed E-state index contributed by atoms with van der Waals surface area (Å²) in [6, 6.07) is 0. The van der Waals surface area contributed by atoms with Gasteiger partial charge in [-0.25, -0.2) is 8.42 Å². The Balaban J connectivity index is 2.14. The number of rotatable bonds is 4. The van der Waals surface area contributed by atoms with Gasteiger partial charge in [0.1, 0.15) is 0 Å². The van der Waals surface area contributed by atoms with E-state index >= 15 is 0 Å². The highest BCUT2D eigenvalue weighted by molar-refractivity contribution is 7.92. The Kier molecular flexibility index (Phi) is 6.31. The Bertz CT molecular complexity index is 505. The van der Waals surface area contributed by atoms with Crippen LogP contribution in [0.3, 0.4) is 0 Å². The van der Waals surface area contributed by atoms with Gasteiger partial charge in [-0.3, -0.25) is 4.99 Å². The van der Waals surface area contributed by atoms with Crippen molar-refractivity contribution in [3.05, 3.63) is 0 Å². The molecule has 2 rings (SSSR count). The van der Waals surface area contributed by atoms with E-state index < -0.39 is 14.6 Å². The number of hydrogen-bond donors (Lipinski definition) is 1. The summed E-state index contributed by atoms with van der Waals surface area (Å²) in [4.78, 5) is 6.98. The van der Waals surface area contributed by atoms with Crippen molar-refractivity contribution in [1.82, 2.24) is 10.2 Å². The van der Waals surface area contributed by atoms with E-state index in [1.165, 1.54) is 6.26 Å². The van der Waals surface area contributed by atoms with Gasteiger partial charge in [-0.2, -0.15) is 0 Å². The number of hydrogen-bond acceptors (Lipinski definition) is 4. The third-order valence-corrected chi connectivity index (χ3v) is 7.24. The Morgan fingerprint density at radius 2 is 1.91 bits per heavy atom. The fourth-order valence-corrected chi connectivity index (χ4v) is 4.46. The molecule has 0 saturated carbocycles. The fourth-order valence-electron chi connectivity index (χ4n) is 3.25. The molecule has 0 unspecified atom stereocenters. The van der Waals surface area contributed by atoms with E-state index in [1.807, 2.05) is 6.92 Å². The molecule has 0 amide bonds. The summed E-state index contributed by atoms with van der Waals surface area (Å²) in [5.41, 5.74) is 0. The lowest BCUT2D eigenvalue weighted by atomic mass is 9.99. The van der Waals surface area contributed by atoms with Crippen LogP contribution in [-0.2, 0) is 14.6 Å². The maximum Gasteiger partial charge on any atom is 0.193 e.